The summed E-state index contributed by atoms with van der Waals surface area (Å²) in [6.45, 7) is 4.09. The number of nitrogens with one attached hydrogen (secondary N) is 2. The maximum absolute atomic E-state index is 12.4. The Labute approximate surface area is 119 Å². The Bertz CT molecular complexity index is 521. The minimum Gasteiger partial charge on any atom is -0.495 e. The Morgan fingerprint density at radius 3 is 2.85 bits per heavy atom. The van der Waals surface area contributed by atoms with Crippen molar-refractivity contribution in [3.8, 4) is 5.75 Å². The number of methoxy groups -OCH3 is 1. The molecule has 1 aliphatic heterocycles. The number of piperidine rings is 1. The van der Waals surface area contributed by atoms with Gasteiger partial charge in [0.25, 0.3) is 0 Å². The van der Waals surface area contributed by atoms with Crippen LogP contribution < -0.4 is 15.4 Å². The molecule has 3 rings (SSSR count). The quantitative estimate of drug-likeness (QED) is 0.889. The first-order valence-electron chi connectivity index (χ1n) is 7.31. The molecule has 1 saturated carbocycles. The number of ether oxygens (including phenoxy) is 1. The number of anilines is 1. The minimum atomic E-state index is 0.149. The van der Waals surface area contributed by atoms with Gasteiger partial charge in [0.1, 0.15) is 5.75 Å². The Morgan fingerprint density at radius 1 is 1.40 bits per heavy atom. The molecule has 0 aromatic heterocycles. The molecule has 2 fully saturated rings. The molecule has 1 aromatic carbocycles. The summed E-state index contributed by atoms with van der Waals surface area (Å²) in [6.07, 6.45) is 3.28. The van der Waals surface area contributed by atoms with E-state index in [2.05, 4.69) is 10.6 Å². The Kier molecular flexibility index (Phi) is 3.42. The highest BCUT2D eigenvalue weighted by Crippen LogP contribution is 2.58. The molecule has 1 spiro atoms. The van der Waals surface area contributed by atoms with Crippen molar-refractivity contribution in [2.24, 2.45) is 11.3 Å². The zero-order chi connectivity index (χ0) is 14.2. The summed E-state index contributed by atoms with van der Waals surface area (Å²) in [6, 6.07) is 5.85. The van der Waals surface area contributed by atoms with Gasteiger partial charge in [-0.05, 0) is 62.4 Å². The Balaban J connectivity index is 1.69. The van der Waals surface area contributed by atoms with Gasteiger partial charge in [-0.25, -0.2) is 0 Å². The molecule has 1 heterocycles. The van der Waals surface area contributed by atoms with Gasteiger partial charge >= 0.3 is 0 Å². The van der Waals surface area contributed by atoms with Crippen molar-refractivity contribution in [1.29, 1.82) is 0 Å². The van der Waals surface area contributed by atoms with Crippen LogP contribution in [0.3, 0.4) is 0 Å². The van der Waals surface area contributed by atoms with E-state index in [1.54, 1.807) is 7.11 Å². The van der Waals surface area contributed by atoms with Crippen molar-refractivity contribution in [2.75, 3.05) is 25.5 Å². The molecule has 1 unspecified atom stereocenters. The SMILES string of the molecule is COc1ccc(C)cc1NC(=O)C1CC12CCNCC2. The fourth-order valence-corrected chi connectivity index (χ4v) is 3.33. The largest absolute Gasteiger partial charge is 0.495 e. The second kappa shape index (κ2) is 5.09. The molecule has 1 aromatic rings. The van der Waals surface area contributed by atoms with E-state index in [4.69, 9.17) is 4.74 Å². The first-order chi connectivity index (χ1) is 9.64. The van der Waals surface area contributed by atoms with Crippen LogP contribution in [0.2, 0.25) is 0 Å². The van der Waals surface area contributed by atoms with Crippen LogP contribution >= 0.6 is 0 Å². The summed E-state index contributed by atoms with van der Waals surface area (Å²) in [7, 11) is 1.63. The summed E-state index contributed by atoms with van der Waals surface area (Å²) < 4.78 is 5.31. The van der Waals surface area contributed by atoms with Crippen LogP contribution in [0.4, 0.5) is 5.69 Å². The van der Waals surface area contributed by atoms with Crippen molar-refractivity contribution in [2.45, 2.75) is 26.2 Å². The van der Waals surface area contributed by atoms with Gasteiger partial charge in [0, 0.05) is 5.92 Å². The monoisotopic (exact) mass is 274 g/mol. The van der Waals surface area contributed by atoms with Gasteiger partial charge in [-0.1, -0.05) is 6.07 Å². The number of benzene rings is 1. The van der Waals surface area contributed by atoms with Crippen LogP contribution in [0.5, 0.6) is 5.75 Å². The molecule has 20 heavy (non-hydrogen) atoms. The third-order valence-corrected chi connectivity index (χ3v) is 4.72. The Morgan fingerprint density at radius 2 is 2.15 bits per heavy atom. The van der Waals surface area contributed by atoms with Crippen molar-refractivity contribution in [3.05, 3.63) is 23.8 Å². The fourth-order valence-electron chi connectivity index (χ4n) is 3.33. The summed E-state index contributed by atoms with van der Waals surface area (Å²) in [5.74, 6) is 1.05. The van der Waals surface area contributed by atoms with E-state index in [0.29, 0.717) is 0 Å². The lowest BCUT2D eigenvalue weighted by Gasteiger charge is -2.23. The molecule has 1 saturated heterocycles. The molecular formula is C16H22N2O2. The zero-order valence-corrected chi connectivity index (χ0v) is 12.2. The lowest BCUT2D eigenvalue weighted by atomic mass is 9.92. The number of rotatable bonds is 3. The van der Waals surface area contributed by atoms with Crippen LogP contribution in [0.15, 0.2) is 18.2 Å². The third kappa shape index (κ3) is 2.40. The van der Waals surface area contributed by atoms with E-state index >= 15 is 0 Å². The normalized spacial score (nSPS) is 23.4. The number of carbonyl (C=O) groups is 1. The number of hydrogen-bond donors (Lipinski definition) is 2. The lowest BCUT2D eigenvalue weighted by molar-refractivity contribution is -0.118. The maximum Gasteiger partial charge on any atom is 0.228 e. The van der Waals surface area contributed by atoms with Gasteiger partial charge in [0.05, 0.1) is 12.8 Å². The van der Waals surface area contributed by atoms with Crippen LogP contribution in [-0.2, 0) is 4.79 Å². The molecule has 4 heteroatoms. The summed E-state index contributed by atoms with van der Waals surface area (Å²) in [5.41, 5.74) is 2.17. The van der Waals surface area contributed by atoms with E-state index in [1.807, 2.05) is 25.1 Å². The van der Waals surface area contributed by atoms with Crippen LogP contribution in [0, 0.1) is 18.3 Å². The molecule has 2 aliphatic rings. The van der Waals surface area contributed by atoms with Crippen LogP contribution in [0.25, 0.3) is 0 Å². The highest BCUT2D eigenvalue weighted by Gasteiger charge is 2.57. The number of carbonyl (C=O) groups excluding carboxylic acids is 1. The maximum atomic E-state index is 12.4. The molecule has 0 radical (unpaired) electrons. The van der Waals surface area contributed by atoms with Gasteiger partial charge < -0.3 is 15.4 Å². The van der Waals surface area contributed by atoms with Gasteiger partial charge in [-0.2, -0.15) is 0 Å². The summed E-state index contributed by atoms with van der Waals surface area (Å²) in [5, 5.41) is 6.41. The zero-order valence-electron chi connectivity index (χ0n) is 12.2. The minimum absolute atomic E-state index is 0.149. The van der Waals surface area contributed by atoms with Gasteiger partial charge in [0.2, 0.25) is 5.91 Å². The number of hydrogen-bond acceptors (Lipinski definition) is 3. The molecule has 1 amide bonds. The molecule has 0 bridgehead atoms. The Hall–Kier alpha value is -1.55. The first-order valence-corrected chi connectivity index (χ1v) is 7.31. The fraction of sp³-hybridized carbons (Fsp3) is 0.562. The van der Waals surface area contributed by atoms with E-state index in [0.717, 1.165) is 49.4 Å². The van der Waals surface area contributed by atoms with E-state index in [9.17, 15) is 4.79 Å². The van der Waals surface area contributed by atoms with Crippen molar-refractivity contribution in [3.63, 3.8) is 0 Å². The van der Waals surface area contributed by atoms with Crippen molar-refractivity contribution < 1.29 is 9.53 Å². The van der Waals surface area contributed by atoms with Gasteiger partial charge in [0.15, 0.2) is 0 Å². The average molecular weight is 274 g/mol. The van der Waals surface area contributed by atoms with Crippen LogP contribution in [0.1, 0.15) is 24.8 Å². The van der Waals surface area contributed by atoms with Gasteiger partial charge in [-0.3, -0.25) is 4.79 Å². The molecule has 108 valence electrons. The van der Waals surface area contributed by atoms with Crippen molar-refractivity contribution >= 4 is 11.6 Å². The van der Waals surface area contributed by atoms with Gasteiger partial charge in [-0.15, -0.1) is 0 Å². The second-order valence-corrected chi connectivity index (χ2v) is 6.06. The summed E-state index contributed by atoms with van der Waals surface area (Å²) in [4.78, 5) is 12.4. The highest BCUT2D eigenvalue weighted by molar-refractivity contribution is 5.96. The van der Waals surface area contributed by atoms with E-state index in [-0.39, 0.29) is 17.2 Å². The standard InChI is InChI=1S/C16H22N2O2/c1-11-3-4-14(20-2)13(9-11)18-15(19)12-10-16(12)5-7-17-8-6-16/h3-4,9,12,17H,5-8,10H2,1-2H3,(H,18,19). The molecule has 1 atom stereocenters. The molecular weight excluding hydrogens is 252 g/mol. The molecule has 1 aliphatic carbocycles. The second-order valence-electron chi connectivity index (χ2n) is 6.06. The number of aryl methyl sites for hydroxylation is 1. The van der Waals surface area contributed by atoms with Crippen molar-refractivity contribution in [1.82, 2.24) is 5.32 Å². The molecule has 4 nitrogen and oxygen atoms in total. The first kappa shape index (κ1) is 13.4. The van der Waals surface area contributed by atoms with E-state index in [1.165, 1.54) is 0 Å². The van der Waals surface area contributed by atoms with E-state index < -0.39 is 0 Å². The highest BCUT2D eigenvalue weighted by atomic mass is 16.5. The lowest BCUT2D eigenvalue weighted by Crippen LogP contribution is -2.31. The molecule has 2 N–H and O–H groups in total. The topological polar surface area (TPSA) is 50.4 Å². The predicted molar refractivity (Wildman–Crippen MR) is 79.0 cm³/mol. The number of amides is 1. The third-order valence-electron chi connectivity index (χ3n) is 4.72. The smallest absolute Gasteiger partial charge is 0.228 e. The predicted octanol–water partition coefficient (Wildman–Crippen LogP) is 2.33. The summed E-state index contributed by atoms with van der Waals surface area (Å²) >= 11 is 0. The average Bonchev–Trinajstić information content (AvgIpc) is 3.13. The van der Waals surface area contributed by atoms with Crippen LogP contribution in [-0.4, -0.2) is 26.1 Å².